The fraction of sp³-hybridized carbons (Fsp3) is 0.174. The van der Waals surface area contributed by atoms with Gasteiger partial charge in [-0.25, -0.2) is 8.78 Å². The number of rotatable bonds is 5. The molecule has 4 rings (SSSR count). The topological polar surface area (TPSA) is 38.8 Å². The molecule has 1 aliphatic heterocycles. The number of hydrogen-bond donors (Lipinski definition) is 0. The number of halogens is 3. The second-order valence-electron chi connectivity index (χ2n) is 6.93. The van der Waals surface area contributed by atoms with E-state index in [-0.39, 0.29) is 23.0 Å². The molecule has 0 saturated heterocycles. The van der Waals surface area contributed by atoms with Crippen molar-refractivity contribution in [2.75, 3.05) is 14.2 Å². The normalized spacial score (nSPS) is 12.8. The standard InChI is InChI=1S/C23H18ClF2NO3/c1-29-16-7-6-13(20(10-16)30-2)11-27-12-15-8-14(9-17(24)21(15)23(27)28)22-18(25)4-3-5-19(22)26/h3-10H,11-12H2,1-2H3. The van der Waals surface area contributed by atoms with Crippen molar-refractivity contribution in [3.63, 3.8) is 0 Å². The molecule has 4 nitrogen and oxygen atoms in total. The molecule has 0 aliphatic carbocycles. The van der Waals surface area contributed by atoms with E-state index in [1.807, 2.05) is 6.07 Å². The van der Waals surface area contributed by atoms with Crippen LogP contribution < -0.4 is 9.47 Å². The van der Waals surface area contributed by atoms with Gasteiger partial charge >= 0.3 is 0 Å². The first-order chi connectivity index (χ1) is 14.4. The van der Waals surface area contributed by atoms with Crippen LogP contribution >= 0.6 is 11.6 Å². The number of hydrogen-bond acceptors (Lipinski definition) is 3. The highest BCUT2D eigenvalue weighted by Crippen LogP contribution is 2.37. The van der Waals surface area contributed by atoms with Crippen molar-refractivity contribution in [1.29, 1.82) is 0 Å². The number of carbonyl (C=O) groups is 1. The zero-order valence-corrected chi connectivity index (χ0v) is 17.1. The van der Waals surface area contributed by atoms with Crippen LogP contribution in [-0.2, 0) is 13.1 Å². The Hall–Kier alpha value is -3.12. The van der Waals surface area contributed by atoms with Crippen LogP contribution in [-0.4, -0.2) is 25.0 Å². The molecule has 3 aromatic carbocycles. The van der Waals surface area contributed by atoms with Crippen LogP contribution in [0.1, 0.15) is 21.5 Å². The summed E-state index contributed by atoms with van der Waals surface area (Å²) in [6.07, 6.45) is 0. The first-order valence-corrected chi connectivity index (χ1v) is 9.57. The van der Waals surface area contributed by atoms with E-state index < -0.39 is 11.6 Å². The Balaban J connectivity index is 1.68. The number of methoxy groups -OCH3 is 2. The predicted molar refractivity (Wildman–Crippen MR) is 110 cm³/mol. The Kier molecular flexibility index (Phi) is 5.35. The summed E-state index contributed by atoms with van der Waals surface area (Å²) >= 11 is 6.36. The van der Waals surface area contributed by atoms with Gasteiger partial charge in [0.05, 0.1) is 30.4 Å². The second kappa shape index (κ2) is 7.95. The third-order valence-electron chi connectivity index (χ3n) is 5.14. The SMILES string of the molecule is COc1ccc(CN2Cc3cc(-c4c(F)cccc4F)cc(Cl)c3C2=O)c(OC)c1. The molecule has 3 aromatic rings. The van der Waals surface area contributed by atoms with Gasteiger partial charge in [-0.2, -0.15) is 0 Å². The Morgan fingerprint density at radius 2 is 1.73 bits per heavy atom. The van der Waals surface area contributed by atoms with E-state index >= 15 is 0 Å². The maximum atomic E-state index is 14.2. The number of nitrogens with zero attached hydrogens (tertiary/aromatic N) is 1. The molecule has 1 aliphatic rings. The molecule has 0 fully saturated rings. The van der Waals surface area contributed by atoms with Crippen LogP contribution in [0.4, 0.5) is 8.78 Å². The molecular weight excluding hydrogens is 412 g/mol. The Morgan fingerprint density at radius 3 is 2.40 bits per heavy atom. The highest BCUT2D eigenvalue weighted by Gasteiger charge is 2.31. The van der Waals surface area contributed by atoms with E-state index in [0.29, 0.717) is 34.7 Å². The van der Waals surface area contributed by atoms with Crippen LogP contribution in [0.5, 0.6) is 11.5 Å². The summed E-state index contributed by atoms with van der Waals surface area (Å²) in [6.45, 7) is 0.563. The van der Waals surface area contributed by atoms with Gasteiger partial charge < -0.3 is 14.4 Å². The molecule has 1 heterocycles. The van der Waals surface area contributed by atoms with Gasteiger partial charge in [0, 0.05) is 24.7 Å². The average molecular weight is 430 g/mol. The molecule has 0 unspecified atom stereocenters. The van der Waals surface area contributed by atoms with E-state index in [0.717, 1.165) is 5.56 Å². The molecule has 0 aromatic heterocycles. The van der Waals surface area contributed by atoms with Gasteiger partial charge in [-0.15, -0.1) is 0 Å². The van der Waals surface area contributed by atoms with E-state index in [2.05, 4.69) is 0 Å². The average Bonchev–Trinajstić information content (AvgIpc) is 3.04. The van der Waals surface area contributed by atoms with Crippen LogP contribution in [0, 0.1) is 11.6 Å². The molecule has 30 heavy (non-hydrogen) atoms. The molecule has 154 valence electrons. The van der Waals surface area contributed by atoms with Crippen LogP contribution in [0.2, 0.25) is 5.02 Å². The van der Waals surface area contributed by atoms with Crippen LogP contribution in [0.15, 0.2) is 48.5 Å². The van der Waals surface area contributed by atoms with Crippen molar-refractivity contribution in [3.05, 3.63) is 81.9 Å². The molecule has 0 N–H and O–H groups in total. The third-order valence-corrected chi connectivity index (χ3v) is 5.44. The molecule has 0 bridgehead atoms. The van der Waals surface area contributed by atoms with E-state index in [9.17, 15) is 13.6 Å². The van der Waals surface area contributed by atoms with Gasteiger partial charge in [-0.1, -0.05) is 17.7 Å². The van der Waals surface area contributed by atoms with Crippen molar-refractivity contribution in [1.82, 2.24) is 4.90 Å². The van der Waals surface area contributed by atoms with E-state index in [1.165, 1.54) is 24.3 Å². The zero-order chi connectivity index (χ0) is 21.4. The van der Waals surface area contributed by atoms with Gasteiger partial charge in [0.25, 0.3) is 5.91 Å². The number of amides is 1. The Labute approximate surface area is 177 Å². The Morgan fingerprint density at radius 1 is 1.00 bits per heavy atom. The van der Waals surface area contributed by atoms with Crippen molar-refractivity contribution < 1.29 is 23.0 Å². The van der Waals surface area contributed by atoms with Gasteiger partial charge in [-0.3, -0.25) is 4.79 Å². The lowest BCUT2D eigenvalue weighted by Crippen LogP contribution is -2.23. The van der Waals surface area contributed by atoms with Gasteiger partial charge in [0.2, 0.25) is 0 Å². The summed E-state index contributed by atoms with van der Waals surface area (Å²) in [5.74, 6) is -0.372. The number of benzene rings is 3. The van der Waals surface area contributed by atoms with Crippen LogP contribution in [0.25, 0.3) is 11.1 Å². The van der Waals surface area contributed by atoms with E-state index in [1.54, 1.807) is 37.3 Å². The lowest BCUT2D eigenvalue weighted by molar-refractivity contribution is 0.0766. The van der Waals surface area contributed by atoms with Crippen LogP contribution in [0.3, 0.4) is 0 Å². The quantitative estimate of drug-likeness (QED) is 0.540. The zero-order valence-electron chi connectivity index (χ0n) is 16.3. The maximum Gasteiger partial charge on any atom is 0.256 e. The minimum absolute atomic E-state index is 0.162. The smallest absolute Gasteiger partial charge is 0.256 e. The van der Waals surface area contributed by atoms with Gasteiger partial charge in [0.1, 0.15) is 23.1 Å². The van der Waals surface area contributed by atoms with E-state index in [4.69, 9.17) is 21.1 Å². The molecule has 0 spiro atoms. The minimum Gasteiger partial charge on any atom is -0.497 e. The van der Waals surface area contributed by atoms with Crippen molar-refractivity contribution >= 4 is 17.5 Å². The molecule has 1 amide bonds. The van der Waals surface area contributed by atoms with Gasteiger partial charge in [0.15, 0.2) is 0 Å². The summed E-state index contributed by atoms with van der Waals surface area (Å²) in [4.78, 5) is 14.6. The monoisotopic (exact) mass is 429 g/mol. The summed E-state index contributed by atoms with van der Waals surface area (Å²) < 4.78 is 39.1. The predicted octanol–water partition coefficient (Wildman–Crippen LogP) is 5.46. The fourth-order valence-corrected chi connectivity index (χ4v) is 4.02. The molecule has 0 saturated carbocycles. The second-order valence-corrected chi connectivity index (χ2v) is 7.34. The first-order valence-electron chi connectivity index (χ1n) is 9.20. The molecule has 0 radical (unpaired) electrons. The number of ether oxygens (including phenoxy) is 2. The summed E-state index contributed by atoms with van der Waals surface area (Å²) in [7, 11) is 3.11. The molecule has 7 heteroatoms. The highest BCUT2D eigenvalue weighted by atomic mass is 35.5. The lowest BCUT2D eigenvalue weighted by atomic mass is 9.99. The third kappa shape index (κ3) is 3.48. The highest BCUT2D eigenvalue weighted by molar-refractivity contribution is 6.34. The van der Waals surface area contributed by atoms with Crippen molar-refractivity contribution in [3.8, 4) is 22.6 Å². The molecular formula is C23H18ClF2NO3. The molecule has 0 atom stereocenters. The van der Waals surface area contributed by atoms with Gasteiger partial charge in [-0.05, 0) is 47.5 Å². The van der Waals surface area contributed by atoms with Crippen molar-refractivity contribution in [2.24, 2.45) is 0 Å². The summed E-state index contributed by atoms with van der Waals surface area (Å²) in [6, 6.07) is 12.1. The summed E-state index contributed by atoms with van der Waals surface area (Å²) in [5, 5.41) is 0.166. The number of fused-ring (bicyclic) bond motifs is 1. The Bertz CT molecular complexity index is 1130. The maximum absolute atomic E-state index is 14.2. The number of carbonyl (C=O) groups excluding carboxylic acids is 1. The fourth-order valence-electron chi connectivity index (χ4n) is 3.70. The minimum atomic E-state index is -0.685. The first kappa shape index (κ1) is 20.2. The largest absolute Gasteiger partial charge is 0.497 e. The van der Waals surface area contributed by atoms with Crippen molar-refractivity contribution in [2.45, 2.75) is 13.1 Å². The summed E-state index contributed by atoms with van der Waals surface area (Å²) in [5.41, 5.74) is 1.91. The lowest BCUT2D eigenvalue weighted by Gasteiger charge is -2.18.